The van der Waals surface area contributed by atoms with Crippen LogP contribution in [0, 0.1) is 11.3 Å². The fraction of sp³-hybridized carbons (Fsp3) is 0.579. The highest BCUT2D eigenvalue weighted by Gasteiger charge is 2.59. The van der Waals surface area contributed by atoms with Gasteiger partial charge in [0.15, 0.2) is 0 Å². The van der Waals surface area contributed by atoms with Crippen molar-refractivity contribution in [3.05, 3.63) is 29.3 Å². The predicted molar refractivity (Wildman–Crippen MR) is 110 cm³/mol. The Morgan fingerprint density at radius 2 is 2.00 bits per heavy atom. The Morgan fingerprint density at radius 3 is 2.77 bits per heavy atom. The molecule has 1 aliphatic carbocycles. The lowest BCUT2D eigenvalue weighted by atomic mass is 9.91. The minimum Gasteiger partial charge on any atom is -0.333 e. The van der Waals surface area contributed by atoms with Gasteiger partial charge in [0.1, 0.15) is 5.01 Å². The first-order chi connectivity index (χ1) is 11.8. The molecular formula is C19H25Cl2N3OS. The maximum Gasteiger partial charge on any atom is 0.226 e. The number of hydrogen-bond acceptors (Lipinski definition) is 4. The van der Waals surface area contributed by atoms with Crippen LogP contribution in [-0.4, -0.2) is 35.4 Å². The second-order valence-electron chi connectivity index (χ2n) is 7.58. The number of carbonyl (C=O) groups excluding carboxylic acids is 1. The van der Waals surface area contributed by atoms with Crippen molar-refractivity contribution in [3.8, 4) is 0 Å². The molecule has 3 heterocycles. The van der Waals surface area contributed by atoms with E-state index in [1.54, 1.807) is 11.3 Å². The Bertz CT molecular complexity index is 757. The molecule has 142 valence electrons. The van der Waals surface area contributed by atoms with Gasteiger partial charge in [-0.25, -0.2) is 4.98 Å². The summed E-state index contributed by atoms with van der Waals surface area (Å²) < 4.78 is 1.23. The molecular weight excluding hydrogens is 389 g/mol. The second kappa shape index (κ2) is 7.63. The number of thiazole rings is 1. The van der Waals surface area contributed by atoms with Crippen LogP contribution in [0.25, 0.3) is 10.2 Å². The number of aromatic nitrogens is 1. The van der Waals surface area contributed by atoms with Crippen LogP contribution in [0.1, 0.15) is 43.2 Å². The van der Waals surface area contributed by atoms with E-state index >= 15 is 0 Å². The Balaban J connectivity index is 0.000000980. The lowest BCUT2D eigenvalue weighted by Crippen LogP contribution is -2.36. The van der Waals surface area contributed by atoms with Gasteiger partial charge in [-0.15, -0.1) is 36.2 Å². The minimum atomic E-state index is 0. The van der Waals surface area contributed by atoms with Crippen LogP contribution in [0.4, 0.5) is 0 Å². The van der Waals surface area contributed by atoms with Crippen LogP contribution in [0.2, 0.25) is 0 Å². The summed E-state index contributed by atoms with van der Waals surface area (Å²) in [5.41, 5.74) is 1.39. The van der Waals surface area contributed by atoms with E-state index in [0.29, 0.717) is 11.3 Å². The summed E-state index contributed by atoms with van der Waals surface area (Å²) in [5, 5.41) is 4.55. The summed E-state index contributed by atoms with van der Waals surface area (Å²) in [4.78, 5) is 20.1. The van der Waals surface area contributed by atoms with Crippen LogP contribution in [0.15, 0.2) is 24.3 Å². The number of likely N-dealkylation sites (tertiary alicyclic amines) is 1. The van der Waals surface area contributed by atoms with Gasteiger partial charge in [-0.3, -0.25) is 4.79 Å². The van der Waals surface area contributed by atoms with Gasteiger partial charge in [-0.1, -0.05) is 12.1 Å². The molecule has 4 nitrogen and oxygen atoms in total. The van der Waals surface area contributed by atoms with Gasteiger partial charge in [0.2, 0.25) is 5.91 Å². The summed E-state index contributed by atoms with van der Waals surface area (Å²) in [6.45, 7) is 3.06. The van der Waals surface area contributed by atoms with Crippen molar-refractivity contribution in [1.29, 1.82) is 0 Å². The molecule has 1 N–H and O–H groups in total. The first kappa shape index (κ1) is 19.9. The lowest BCUT2D eigenvalue weighted by Gasteiger charge is -2.27. The summed E-state index contributed by atoms with van der Waals surface area (Å²) in [6, 6.07) is 8.50. The Labute approximate surface area is 170 Å². The molecule has 1 aromatic heterocycles. The van der Waals surface area contributed by atoms with Gasteiger partial charge in [0, 0.05) is 12.5 Å². The molecule has 2 aliphatic heterocycles. The summed E-state index contributed by atoms with van der Waals surface area (Å²) in [7, 11) is 0. The highest BCUT2D eigenvalue weighted by molar-refractivity contribution is 7.18. The van der Waals surface area contributed by atoms with Crippen LogP contribution < -0.4 is 5.32 Å². The number of piperidine rings is 1. The molecule has 3 aliphatic rings. The van der Waals surface area contributed by atoms with Crippen molar-refractivity contribution in [3.63, 3.8) is 0 Å². The number of benzene rings is 1. The molecule has 0 radical (unpaired) electrons. The molecule has 5 rings (SSSR count). The van der Waals surface area contributed by atoms with Crippen LogP contribution >= 0.6 is 36.2 Å². The maximum absolute atomic E-state index is 13.2. The molecule has 1 amide bonds. The minimum absolute atomic E-state index is 0. The number of hydrogen-bond donors (Lipinski definition) is 1. The number of amides is 1. The van der Waals surface area contributed by atoms with E-state index < -0.39 is 0 Å². The maximum atomic E-state index is 13.2. The summed E-state index contributed by atoms with van der Waals surface area (Å²) in [5.74, 6) is 0.674. The fourth-order valence-electron chi connectivity index (χ4n) is 4.69. The van der Waals surface area contributed by atoms with Crippen molar-refractivity contribution >= 4 is 52.3 Å². The monoisotopic (exact) mass is 413 g/mol. The second-order valence-corrected chi connectivity index (χ2v) is 8.64. The molecule has 0 bridgehead atoms. The number of nitrogens with zero attached hydrogens (tertiary/aromatic N) is 2. The van der Waals surface area contributed by atoms with Crippen LogP contribution in [0.3, 0.4) is 0 Å². The van der Waals surface area contributed by atoms with Crippen molar-refractivity contribution < 1.29 is 4.79 Å². The Hall–Kier alpha value is -0.880. The van der Waals surface area contributed by atoms with Crippen LogP contribution in [0.5, 0.6) is 0 Å². The summed E-state index contributed by atoms with van der Waals surface area (Å²) >= 11 is 1.76. The number of fused-ring (bicyclic) bond motifs is 1. The van der Waals surface area contributed by atoms with Crippen molar-refractivity contribution in [1.82, 2.24) is 15.2 Å². The van der Waals surface area contributed by atoms with Crippen LogP contribution in [-0.2, 0) is 4.79 Å². The molecule has 26 heavy (non-hydrogen) atoms. The topological polar surface area (TPSA) is 45.2 Å². The zero-order valence-electron chi connectivity index (χ0n) is 14.6. The smallest absolute Gasteiger partial charge is 0.226 e. The molecule has 1 saturated carbocycles. The molecule has 1 aromatic carbocycles. The molecule has 2 atom stereocenters. The highest BCUT2D eigenvalue weighted by atomic mass is 35.5. The molecule has 3 fully saturated rings. The zero-order chi connectivity index (χ0) is 16.1. The molecule has 2 saturated heterocycles. The molecule has 2 unspecified atom stereocenters. The highest BCUT2D eigenvalue weighted by Crippen LogP contribution is 2.60. The number of rotatable bonds is 2. The average molecular weight is 414 g/mol. The van der Waals surface area contributed by atoms with Gasteiger partial charge in [-0.2, -0.15) is 0 Å². The van der Waals surface area contributed by atoms with Gasteiger partial charge in [-0.05, 0) is 62.7 Å². The standard InChI is InChI=1S/C19H23N3OS.2ClH/c23-18(13-12-19(13)7-9-20-10-8-19)22-11-3-5-15(22)17-21-14-4-1-2-6-16(14)24-17;;/h1-2,4,6,13,15,20H,3,5,7-12H2;2*1H. The predicted octanol–water partition coefficient (Wildman–Crippen LogP) is 4.19. The van der Waals surface area contributed by atoms with Gasteiger partial charge < -0.3 is 10.2 Å². The lowest BCUT2D eigenvalue weighted by molar-refractivity contribution is -0.134. The SMILES string of the molecule is Cl.Cl.O=C(C1CC12CCNCC2)N1CCCC1c1nc2ccccc2s1. The molecule has 1 spiro atoms. The van der Waals surface area contributed by atoms with Crippen molar-refractivity contribution in [2.24, 2.45) is 11.3 Å². The third-order valence-corrected chi connectivity index (χ3v) is 7.36. The quantitative estimate of drug-likeness (QED) is 0.802. The molecule has 7 heteroatoms. The Kier molecular flexibility index (Phi) is 5.83. The van der Waals surface area contributed by atoms with Gasteiger partial charge in [0.25, 0.3) is 0 Å². The normalized spacial score (nSPS) is 26.4. The van der Waals surface area contributed by atoms with E-state index in [2.05, 4.69) is 28.4 Å². The third kappa shape index (κ3) is 3.24. The first-order valence-corrected chi connectivity index (χ1v) is 9.95. The van der Waals surface area contributed by atoms with E-state index in [0.717, 1.165) is 49.4 Å². The largest absolute Gasteiger partial charge is 0.333 e. The summed E-state index contributed by atoms with van der Waals surface area (Å²) in [6.07, 6.45) is 5.61. The Morgan fingerprint density at radius 1 is 1.23 bits per heavy atom. The third-order valence-electron chi connectivity index (χ3n) is 6.22. The number of para-hydroxylation sites is 1. The average Bonchev–Trinajstić information content (AvgIpc) is 3.01. The molecule has 2 aromatic rings. The van der Waals surface area contributed by atoms with Crippen molar-refractivity contribution in [2.45, 2.75) is 38.1 Å². The zero-order valence-corrected chi connectivity index (χ0v) is 17.1. The fourth-order valence-corrected chi connectivity index (χ4v) is 5.81. The van der Waals surface area contributed by atoms with E-state index in [4.69, 9.17) is 4.98 Å². The van der Waals surface area contributed by atoms with E-state index in [-0.39, 0.29) is 36.8 Å². The van der Waals surface area contributed by atoms with E-state index in [1.165, 1.54) is 17.5 Å². The first-order valence-electron chi connectivity index (χ1n) is 9.14. The van der Waals surface area contributed by atoms with Gasteiger partial charge in [0.05, 0.1) is 16.3 Å². The van der Waals surface area contributed by atoms with Gasteiger partial charge >= 0.3 is 0 Å². The van der Waals surface area contributed by atoms with E-state index in [9.17, 15) is 4.79 Å². The number of halogens is 2. The van der Waals surface area contributed by atoms with E-state index in [1.807, 2.05) is 6.07 Å². The number of nitrogens with one attached hydrogen (secondary N) is 1. The number of carbonyl (C=O) groups is 1. The van der Waals surface area contributed by atoms with Crippen molar-refractivity contribution in [2.75, 3.05) is 19.6 Å².